The van der Waals surface area contributed by atoms with Gasteiger partial charge in [-0.15, -0.1) is 0 Å². The zero-order valence-electron chi connectivity index (χ0n) is 41.4. The van der Waals surface area contributed by atoms with Gasteiger partial charge >= 0.3 is 0 Å². The molecule has 4 heterocycles. The lowest BCUT2D eigenvalue weighted by molar-refractivity contribution is -0.226. The van der Waals surface area contributed by atoms with Crippen LogP contribution in [0, 0.1) is 51.2 Å². The Morgan fingerprint density at radius 2 is 1.55 bits per heavy atom. The van der Waals surface area contributed by atoms with Gasteiger partial charge in [0.15, 0.2) is 5.78 Å². The third-order valence-corrected chi connectivity index (χ3v) is 21.2. The lowest BCUT2D eigenvalue weighted by Crippen LogP contribution is -2.68. The molecule has 2 aliphatic heterocycles. The van der Waals surface area contributed by atoms with Crippen LogP contribution in [0.2, 0.25) is 0 Å². The minimum Gasteiger partial charge on any atom is -0.392 e. The van der Waals surface area contributed by atoms with Crippen LogP contribution in [0.25, 0.3) is 11.0 Å². The number of carbonyl (C=O) groups is 2. The van der Waals surface area contributed by atoms with E-state index in [0.29, 0.717) is 49.3 Å². The molecule has 8 aliphatic rings. The molecule has 6 aliphatic carbocycles. The molecule has 358 valence electrons. The van der Waals surface area contributed by atoms with E-state index in [2.05, 4.69) is 80.8 Å². The summed E-state index contributed by atoms with van der Waals surface area (Å²) in [5.41, 5.74) is 8.06. The molecule has 11 atom stereocenters. The Kier molecular flexibility index (Phi) is 11.2. The lowest BCUT2D eigenvalue weighted by atomic mass is 9.34. The second kappa shape index (κ2) is 16.3. The van der Waals surface area contributed by atoms with Crippen molar-refractivity contribution in [2.24, 2.45) is 51.2 Å². The molecule has 7 fully saturated rings. The summed E-state index contributed by atoms with van der Waals surface area (Å²) < 4.78 is 14.1. The van der Waals surface area contributed by atoms with Crippen LogP contribution in [0.3, 0.4) is 0 Å². The smallest absolute Gasteiger partial charge is 0.160 e. The van der Waals surface area contributed by atoms with E-state index in [1.54, 1.807) is 0 Å². The predicted octanol–water partition coefficient (Wildman–Crippen LogP) is 11.5. The highest BCUT2D eigenvalue weighted by Gasteiger charge is 2.73. The zero-order valence-corrected chi connectivity index (χ0v) is 41.4. The summed E-state index contributed by atoms with van der Waals surface area (Å²) >= 11 is 0. The molecular formula is C58H80N2O6. The second-order valence-corrected chi connectivity index (χ2v) is 25.0. The second-order valence-electron chi connectivity index (χ2n) is 25.0. The number of aliphatic hydroxyl groups is 2. The summed E-state index contributed by atoms with van der Waals surface area (Å²) in [6.07, 6.45) is 19.7. The standard InChI is InChI=1S/C58H80N2O6/c1-34(26-44(61)53-54(2,3)66-53)48-45(62)31-57(6)49(48)42(51(64)52-55(4)21-17-47(63)58(7,41-14-10-11-15-41)46(55)16-22-56(52,57)5)33-60-32-40(50-43(60)18-23-59-50)29-35-27-38(36-12-8-9-13-36)30-39(28-35)37-19-24-65-25-20-37/h18,23,27-28,30,32,34,36-37,41-42,44,46,51-53,59,61,64H,8-17,19-22,24-26,29,31,33H2,1-7H3/t34-,42-,44-,46-,51-,52-,53-,55-,56+,57+,58+/m1/s1. The fourth-order valence-electron chi connectivity index (χ4n) is 17.6. The third-order valence-electron chi connectivity index (χ3n) is 21.2. The maximum absolute atomic E-state index is 15.0. The monoisotopic (exact) mass is 901 g/mol. The minimum absolute atomic E-state index is 0.0799. The molecule has 3 N–H and O–H groups in total. The third kappa shape index (κ3) is 6.92. The van der Waals surface area contributed by atoms with E-state index in [-0.39, 0.29) is 57.4 Å². The van der Waals surface area contributed by atoms with Gasteiger partial charge in [0.05, 0.1) is 28.8 Å². The number of H-pyrrole nitrogens is 1. The largest absolute Gasteiger partial charge is 0.392 e. The van der Waals surface area contributed by atoms with Crippen molar-refractivity contribution in [2.45, 2.75) is 200 Å². The van der Waals surface area contributed by atoms with Gasteiger partial charge in [-0.3, -0.25) is 9.59 Å². The summed E-state index contributed by atoms with van der Waals surface area (Å²) in [7, 11) is 0. The Labute approximate surface area is 394 Å². The topological polar surface area (TPSA) is 117 Å². The number of aromatic nitrogens is 2. The molecule has 1 aromatic carbocycles. The molecule has 0 radical (unpaired) electrons. The number of ether oxygens (including phenoxy) is 2. The fourth-order valence-corrected chi connectivity index (χ4v) is 17.6. The van der Waals surface area contributed by atoms with Crippen molar-refractivity contribution in [2.75, 3.05) is 13.2 Å². The molecular weight excluding hydrogens is 821 g/mol. The Morgan fingerprint density at radius 3 is 2.23 bits per heavy atom. The number of hydrogen-bond donors (Lipinski definition) is 3. The van der Waals surface area contributed by atoms with Crippen molar-refractivity contribution < 1.29 is 29.3 Å². The first-order chi connectivity index (χ1) is 31.5. The SMILES string of the molecule is C[C@H](C[C@@H](O)[C@H]1OC1(C)C)C1=C2[C@@H](Cn3cc(Cc4cc(C5CCCC5)cc(C5CCOCC5)c4)c4[nH]ccc43)[C@@H](O)[C@@H]3[C@]4(C)CCC(=O)[C@@](C)(C5CCCC5)[C@@H]4CC[C@]3(C)[C@@]2(C)CC1=O. The number of fused-ring (bicyclic) bond motifs is 6. The number of ketones is 2. The lowest BCUT2D eigenvalue weighted by Gasteiger charge is -2.70. The van der Waals surface area contributed by atoms with Gasteiger partial charge in [-0.05, 0) is 164 Å². The molecule has 0 unspecified atom stereocenters. The van der Waals surface area contributed by atoms with E-state index in [1.165, 1.54) is 60.8 Å². The number of nitrogens with zero attached hydrogens (tertiary/aromatic N) is 1. The fraction of sp³-hybridized carbons (Fsp3) is 0.724. The van der Waals surface area contributed by atoms with Crippen molar-refractivity contribution in [3.63, 3.8) is 0 Å². The molecule has 2 saturated heterocycles. The first kappa shape index (κ1) is 45.4. The number of aromatic amines is 1. The molecule has 0 amide bonds. The number of hydrogen-bond acceptors (Lipinski definition) is 6. The van der Waals surface area contributed by atoms with E-state index in [1.807, 2.05) is 13.8 Å². The van der Waals surface area contributed by atoms with Crippen LogP contribution in [-0.4, -0.2) is 68.5 Å². The Balaban J connectivity index is 1.00. The summed E-state index contributed by atoms with van der Waals surface area (Å²) in [6.45, 7) is 18.0. The summed E-state index contributed by atoms with van der Waals surface area (Å²) in [5.74, 6) is 1.83. The molecule has 8 nitrogen and oxygen atoms in total. The number of aliphatic hydroxyl groups excluding tert-OH is 2. The molecule has 5 saturated carbocycles. The van der Waals surface area contributed by atoms with Crippen LogP contribution in [-0.2, 0) is 32.0 Å². The van der Waals surface area contributed by atoms with Gasteiger partial charge < -0.3 is 29.2 Å². The van der Waals surface area contributed by atoms with Crippen LogP contribution < -0.4 is 0 Å². The minimum atomic E-state index is -0.708. The summed E-state index contributed by atoms with van der Waals surface area (Å²) in [5, 5.41) is 25.3. The van der Waals surface area contributed by atoms with Gasteiger partial charge in [-0.25, -0.2) is 0 Å². The van der Waals surface area contributed by atoms with Gasteiger partial charge in [0, 0.05) is 68.2 Å². The Bertz CT molecular complexity index is 2410. The molecule has 2 aromatic heterocycles. The van der Waals surface area contributed by atoms with E-state index < -0.39 is 17.6 Å². The maximum atomic E-state index is 15.0. The Hall–Kier alpha value is -3.04. The summed E-state index contributed by atoms with van der Waals surface area (Å²) in [4.78, 5) is 33.0. The normalized spacial score (nSPS) is 38.2. The van der Waals surface area contributed by atoms with Gasteiger partial charge in [-0.2, -0.15) is 0 Å². The number of epoxide rings is 1. The number of rotatable bonds is 11. The van der Waals surface area contributed by atoms with Crippen LogP contribution in [0.15, 0.2) is 47.8 Å². The number of allylic oxidation sites excluding steroid dienone is 1. The number of benzene rings is 1. The van der Waals surface area contributed by atoms with E-state index in [9.17, 15) is 15.0 Å². The molecule has 3 aromatic rings. The maximum Gasteiger partial charge on any atom is 0.160 e. The zero-order chi connectivity index (χ0) is 46.1. The number of nitrogens with one attached hydrogen (secondary N) is 1. The van der Waals surface area contributed by atoms with E-state index in [4.69, 9.17) is 9.47 Å². The summed E-state index contributed by atoms with van der Waals surface area (Å²) in [6, 6.07) is 9.71. The van der Waals surface area contributed by atoms with Crippen LogP contribution in [0.1, 0.15) is 185 Å². The van der Waals surface area contributed by atoms with Crippen LogP contribution >= 0.6 is 0 Å². The average Bonchev–Trinajstić information content (AvgIpc) is 4.02. The molecule has 0 bridgehead atoms. The van der Waals surface area contributed by atoms with Gasteiger partial charge in [0.1, 0.15) is 11.9 Å². The number of Topliss-reactive ketones (excluding diaryl/α,β-unsaturated/α-hetero) is 2. The first-order valence-corrected chi connectivity index (χ1v) is 26.7. The highest BCUT2D eigenvalue weighted by atomic mass is 16.6. The van der Waals surface area contributed by atoms with Crippen molar-refractivity contribution >= 4 is 22.6 Å². The van der Waals surface area contributed by atoms with E-state index in [0.717, 1.165) is 86.8 Å². The van der Waals surface area contributed by atoms with Gasteiger partial charge in [0.25, 0.3) is 0 Å². The predicted molar refractivity (Wildman–Crippen MR) is 259 cm³/mol. The van der Waals surface area contributed by atoms with Crippen LogP contribution in [0.4, 0.5) is 0 Å². The van der Waals surface area contributed by atoms with Crippen LogP contribution in [0.5, 0.6) is 0 Å². The molecule has 66 heavy (non-hydrogen) atoms. The quantitative estimate of drug-likeness (QED) is 0.165. The van der Waals surface area contributed by atoms with Gasteiger partial charge in [-0.1, -0.05) is 78.5 Å². The molecule has 0 spiro atoms. The van der Waals surface area contributed by atoms with Crippen molar-refractivity contribution in [1.29, 1.82) is 0 Å². The molecule has 8 heteroatoms. The highest BCUT2D eigenvalue weighted by molar-refractivity contribution is 6.01. The first-order valence-electron chi connectivity index (χ1n) is 26.7. The van der Waals surface area contributed by atoms with Gasteiger partial charge in [0.2, 0.25) is 0 Å². The number of carbonyl (C=O) groups excluding carboxylic acids is 2. The van der Waals surface area contributed by atoms with Crippen molar-refractivity contribution in [1.82, 2.24) is 9.55 Å². The van der Waals surface area contributed by atoms with Crippen molar-refractivity contribution in [3.05, 3.63) is 70.1 Å². The average molecular weight is 901 g/mol. The van der Waals surface area contributed by atoms with Crippen molar-refractivity contribution in [3.8, 4) is 0 Å². The van der Waals surface area contributed by atoms with E-state index >= 15 is 4.79 Å². The Morgan fingerprint density at radius 1 is 0.879 bits per heavy atom. The highest BCUT2D eigenvalue weighted by Crippen LogP contribution is 2.76. The molecule has 11 rings (SSSR count).